The number of urea groups is 1. The van der Waals surface area contributed by atoms with Gasteiger partial charge in [0, 0.05) is 61.5 Å². The van der Waals surface area contributed by atoms with Crippen molar-refractivity contribution in [2.45, 2.75) is 57.2 Å². The molecule has 2 aromatic heterocycles. The summed E-state index contributed by atoms with van der Waals surface area (Å²) in [4.78, 5) is 33.3. The third kappa shape index (κ3) is 11.0. The number of rotatable bonds is 13. The summed E-state index contributed by atoms with van der Waals surface area (Å²) in [7, 11) is 0. The van der Waals surface area contributed by atoms with Gasteiger partial charge < -0.3 is 25.2 Å². The summed E-state index contributed by atoms with van der Waals surface area (Å²) in [5.41, 5.74) is 5.81. The summed E-state index contributed by atoms with van der Waals surface area (Å²) in [6.07, 6.45) is 2.29. The number of benzene rings is 3. The van der Waals surface area contributed by atoms with E-state index < -0.39 is 12.1 Å². The Morgan fingerprint density at radius 3 is 2.24 bits per heavy atom. The molecule has 0 aliphatic heterocycles. The molecule has 2 amide bonds. The average Bonchev–Trinajstić information content (AvgIpc) is 3.42. The minimum Gasteiger partial charge on any atom is -0.475 e. The number of hydrogen-bond donors (Lipinski definition) is 3. The van der Waals surface area contributed by atoms with Crippen molar-refractivity contribution in [3.8, 4) is 10.6 Å². The number of aryl methyl sites for hydroxylation is 1. The number of hydrogen-bond acceptors (Lipinski definition) is 6. The van der Waals surface area contributed by atoms with E-state index in [1.165, 1.54) is 16.7 Å². The number of thiazole rings is 1. The standard InChI is InChI=1S/C34H36N6OS.C2HF3O2/c41-34(38-32-20-31(32)28-10-5-2-6-11-28)40(18-7-17-39-19-16-35-25-39)23-30-24-42-33(37-30)29-14-12-27(13-15-29)22-36-21-26-8-3-1-4-9-26;3-2(4,5)1(6)7/h1-6,8-16,19,24-25,31-32,36H,7,17-18,20-23H2,(H,38,41);(H,6,7)/t31-,32+;/m0./s1. The maximum absolute atomic E-state index is 13.4. The van der Waals surface area contributed by atoms with Crippen LogP contribution in [0.25, 0.3) is 10.6 Å². The summed E-state index contributed by atoms with van der Waals surface area (Å²) >= 11 is 1.63. The number of imidazole rings is 1. The summed E-state index contributed by atoms with van der Waals surface area (Å²) < 4.78 is 33.8. The molecule has 0 saturated heterocycles. The smallest absolute Gasteiger partial charge is 0.475 e. The van der Waals surface area contributed by atoms with E-state index in [1.54, 1.807) is 17.5 Å². The Morgan fingerprint density at radius 2 is 1.61 bits per heavy atom. The highest BCUT2D eigenvalue weighted by atomic mass is 32.1. The highest BCUT2D eigenvalue weighted by Crippen LogP contribution is 2.40. The topological polar surface area (TPSA) is 112 Å². The maximum atomic E-state index is 13.4. The van der Waals surface area contributed by atoms with Crippen molar-refractivity contribution >= 4 is 23.3 Å². The molecule has 2 heterocycles. The number of carbonyl (C=O) groups excluding carboxylic acids is 1. The fourth-order valence-corrected chi connectivity index (χ4v) is 6.03. The number of halogens is 3. The fraction of sp³-hybridized carbons (Fsp3) is 0.278. The van der Waals surface area contributed by atoms with Gasteiger partial charge in [0.25, 0.3) is 0 Å². The molecule has 1 aliphatic rings. The molecule has 1 saturated carbocycles. The van der Waals surface area contributed by atoms with E-state index in [1.807, 2.05) is 34.1 Å². The van der Waals surface area contributed by atoms with Gasteiger partial charge in [-0.2, -0.15) is 13.2 Å². The number of carbonyl (C=O) groups is 2. The van der Waals surface area contributed by atoms with Crippen molar-refractivity contribution in [3.63, 3.8) is 0 Å². The number of aliphatic carboxylic acids is 1. The van der Waals surface area contributed by atoms with E-state index in [9.17, 15) is 18.0 Å². The van der Waals surface area contributed by atoms with Crippen LogP contribution < -0.4 is 10.6 Å². The van der Waals surface area contributed by atoms with Crippen LogP contribution in [0.3, 0.4) is 0 Å². The van der Waals surface area contributed by atoms with Gasteiger partial charge in [-0.05, 0) is 29.5 Å². The highest BCUT2D eigenvalue weighted by Gasteiger charge is 2.40. The van der Waals surface area contributed by atoms with E-state index in [0.29, 0.717) is 19.0 Å². The van der Waals surface area contributed by atoms with Crippen molar-refractivity contribution in [1.29, 1.82) is 0 Å². The molecule has 2 atom stereocenters. The van der Waals surface area contributed by atoms with Crippen LogP contribution in [0.15, 0.2) is 109 Å². The molecule has 256 valence electrons. The number of nitrogens with zero attached hydrogens (tertiary/aromatic N) is 4. The third-order valence-corrected chi connectivity index (χ3v) is 8.81. The van der Waals surface area contributed by atoms with Gasteiger partial charge in [-0.3, -0.25) is 0 Å². The van der Waals surface area contributed by atoms with Crippen LogP contribution in [0.1, 0.15) is 41.1 Å². The summed E-state index contributed by atoms with van der Waals surface area (Å²) in [6, 6.07) is 29.6. The number of aromatic nitrogens is 3. The first-order chi connectivity index (χ1) is 23.7. The number of carboxylic acids is 1. The summed E-state index contributed by atoms with van der Waals surface area (Å²) in [6.45, 7) is 3.60. The van der Waals surface area contributed by atoms with Gasteiger partial charge in [-0.1, -0.05) is 84.9 Å². The lowest BCUT2D eigenvalue weighted by atomic mass is 10.1. The van der Waals surface area contributed by atoms with Crippen LogP contribution in [0.4, 0.5) is 18.0 Å². The Morgan fingerprint density at radius 1 is 0.959 bits per heavy atom. The largest absolute Gasteiger partial charge is 0.490 e. The second kappa shape index (κ2) is 16.9. The van der Waals surface area contributed by atoms with Gasteiger partial charge in [0.2, 0.25) is 0 Å². The Kier molecular flexibility index (Phi) is 12.2. The van der Waals surface area contributed by atoms with Crippen LogP contribution in [0, 0.1) is 0 Å². The molecule has 0 radical (unpaired) electrons. The van der Waals surface area contributed by atoms with Crippen LogP contribution in [0.5, 0.6) is 0 Å². The Balaban J connectivity index is 0.000000606. The van der Waals surface area contributed by atoms with Gasteiger partial charge >= 0.3 is 18.2 Å². The first kappa shape index (κ1) is 35.3. The Labute approximate surface area is 286 Å². The van der Waals surface area contributed by atoms with Crippen molar-refractivity contribution in [3.05, 3.63) is 131 Å². The quantitative estimate of drug-likeness (QED) is 0.122. The number of alkyl halides is 3. The molecule has 1 aliphatic carbocycles. The SMILES string of the molecule is O=C(N[C@@H]1C[C@H]1c1ccccc1)N(CCCn1ccnc1)Cc1csc(-c2ccc(CNCc3ccccc3)cc2)n1.O=C(O)C(F)(F)F. The molecule has 13 heteroatoms. The Hall–Kier alpha value is -5.01. The summed E-state index contributed by atoms with van der Waals surface area (Å²) in [5.74, 6) is -2.36. The molecule has 49 heavy (non-hydrogen) atoms. The monoisotopic (exact) mass is 690 g/mol. The molecule has 3 N–H and O–H groups in total. The first-order valence-electron chi connectivity index (χ1n) is 15.8. The lowest BCUT2D eigenvalue weighted by molar-refractivity contribution is -0.192. The molecular formula is C36H37F3N6O3S. The zero-order chi connectivity index (χ0) is 34.6. The minimum absolute atomic E-state index is 0.0223. The van der Waals surface area contributed by atoms with E-state index in [4.69, 9.17) is 14.9 Å². The maximum Gasteiger partial charge on any atom is 0.490 e. The molecule has 0 spiro atoms. The van der Waals surface area contributed by atoms with E-state index in [2.05, 4.69) is 93.8 Å². The average molecular weight is 691 g/mol. The normalized spacial score (nSPS) is 15.2. The summed E-state index contributed by atoms with van der Waals surface area (Å²) in [5, 5.41) is 17.0. The fourth-order valence-electron chi connectivity index (χ4n) is 5.21. The number of nitrogens with one attached hydrogen (secondary N) is 2. The minimum atomic E-state index is -5.08. The van der Waals surface area contributed by atoms with E-state index in [-0.39, 0.29) is 12.1 Å². The molecule has 0 bridgehead atoms. The van der Waals surface area contributed by atoms with Crippen molar-refractivity contribution < 1.29 is 27.9 Å². The van der Waals surface area contributed by atoms with Gasteiger partial charge in [0.15, 0.2) is 0 Å². The molecule has 5 aromatic rings. The highest BCUT2D eigenvalue weighted by molar-refractivity contribution is 7.13. The second-order valence-corrected chi connectivity index (χ2v) is 12.5. The molecular weight excluding hydrogens is 653 g/mol. The number of amides is 2. The van der Waals surface area contributed by atoms with Crippen molar-refractivity contribution in [2.24, 2.45) is 0 Å². The molecule has 1 fully saturated rings. The van der Waals surface area contributed by atoms with Crippen LogP contribution in [-0.4, -0.2) is 55.3 Å². The van der Waals surface area contributed by atoms with Gasteiger partial charge in [0.05, 0.1) is 18.6 Å². The van der Waals surface area contributed by atoms with E-state index >= 15 is 0 Å². The van der Waals surface area contributed by atoms with Crippen LogP contribution in [-0.2, 0) is 31.0 Å². The Bertz CT molecular complexity index is 1750. The van der Waals surface area contributed by atoms with Crippen LogP contribution >= 0.6 is 11.3 Å². The lowest BCUT2D eigenvalue weighted by Crippen LogP contribution is -2.41. The zero-order valence-corrected chi connectivity index (χ0v) is 27.4. The lowest BCUT2D eigenvalue weighted by Gasteiger charge is -2.22. The van der Waals surface area contributed by atoms with Gasteiger partial charge in [-0.15, -0.1) is 11.3 Å². The van der Waals surface area contributed by atoms with Crippen LogP contribution in [0.2, 0.25) is 0 Å². The predicted molar refractivity (Wildman–Crippen MR) is 182 cm³/mol. The van der Waals surface area contributed by atoms with E-state index in [0.717, 1.165) is 48.7 Å². The van der Waals surface area contributed by atoms with Gasteiger partial charge in [-0.25, -0.2) is 19.6 Å². The van der Waals surface area contributed by atoms with Crippen molar-refractivity contribution in [1.82, 2.24) is 30.1 Å². The number of carboxylic acid groups (broad SMARTS) is 1. The molecule has 0 unspecified atom stereocenters. The molecule has 3 aromatic carbocycles. The molecule has 6 rings (SSSR count). The zero-order valence-electron chi connectivity index (χ0n) is 26.6. The molecule has 9 nitrogen and oxygen atoms in total. The first-order valence-corrected chi connectivity index (χ1v) is 16.7. The predicted octanol–water partition coefficient (Wildman–Crippen LogP) is 7.09. The van der Waals surface area contributed by atoms with Gasteiger partial charge in [0.1, 0.15) is 5.01 Å². The van der Waals surface area contributed by atoms with Crippen molar-refractivity contribution in [2.75, 3.05) is 6.54 Å². The third-order valence-electron chi connectivity index (χ3n) is 7.87. The second-order valence-electron chi connectivity index (χ2n) is 11.6.